The van der Waals surface area contributed by atoms with E-state index in [0.717, 1.165) is 22.6 Å². The number of nitrogens with zero attached hydrogens (tertiary/aromatic N) is 3. The molecule has 0 saturated carbocycles. The molecule has 3 aromatic rings. The summed E-state index contributed by atoms with van der Waals surface area (Å²) in [5.74, 6) is -0.335. The van der Waals surface area contributed by atoms with E-state index in [1.807, 2.05) is 30.3 Å². The van der Waals surface area contributed by atoms with Crippen LogP contribution in [0.25, 0.3) is 11.4 Å². The third-order valence-electron chi connectivity index (χ3n) is 2.95. The molecule has 0 fully saturated rings. The van der Waals surface area contributed by atoms with Crippen molar-refractivity contribution in [3.8, 4) is 11.4 Å². The molecule has 1 N–H and O–H groups in total. The van der Waals surface area contributed by atoms with Crippen molar-refractivity contribution in [2.45, 2.75) is 6.54 Å². The van der Waals surface area contributed by atoms with Crippen LogP contribution in [0.5, 0.6) is 0 Å². The van der Waals surface area contributed by atoms with E-state index in [1.165, 1.54) is 12.3 Å². The molecule has 3 aromatic heterocycles. The average Bonchev–Trinajstić information content (AvgIpc) is 2.54. The summed E-state index contributed by atoms with van der Waals surface area (Å²) >= 11 is 0. The van der Waals surface area contributed by atoms with Crippen LogP contribution < -0.4 is 5.32 Å². The zero-order chi connectivity index (χ0) is 14.5. The summed E-state index contributed by atoms with van der Waals surface area (Å²) in [5, 5.41) is 3.22. The van der Waals surface area contributed by atoms with Crippen molar-refractivity contribution >= 4 is 5.69 Å². The van der Waals surface area contributed by atoms with Crippen molar-refractivity contribution in [3.63, 3.8) is 0 Å². The van der Waals surface area contributed by atoms with Gasteiger partial charge in [-0.2, -0.15) is 0 Å². The van der Waals surface area contributed by atoms with Crippen molar-refractivity contribution in [2.75, 3.05) is 5.32 Å². The molecule has 0 radical (unpaired) electrons. The lowest BCUT2D eigenvalue weighted by Gasteiger charge is -2.07. The molecule has 21 heavy (non-hydrogen) atoms. The van der Waals surface area contributed by atoms with E-state index in [1.54, 1.807) is 18.6 Å². The molecule has 5 heteroatoms. The molecule has 0 atom stereocenters. The number of anilines is 1. The Kier molecular flexibility index (Phi) is 3.82. The molecule has 0 aliphatic carbocycles. The highest BCUT2D eigenvalue weighted by atomic mass is 19.1. The van der Waals surface area contributed by atoms with Gasteiger partial charge in [0.05, 0.1) is 17.6 Å². The minimum absolute atomic E-state index is 0.335. The molecule has 0 unspecified atom stereocenters. The fraction of sp³-hybridized carbons (Fsp3) is 0.0625. The smallest absolute Gasteiger partial charge is 0.141 e. The van der Waals surface area contributed by atoms with Crippen LogP contribution in [0.1, 0.15) is 5.56 Å². The maximum absolute atomic E-state index is 13.1. The zero-order valence-corrected chi connectivity index (χ0v) is 11.2. The molecule has 0 aliphatic heterocycles. The first-order valence-electron chi connectivity index (χ1n) is 6.52. The van der Waals surface area contributed by atoms with Crippen LogP contribution in [0.3, 0.4) is 0 Å². The monoisotopic (exact) mass is 280 g/mol. The van der Waals surface area contributed by atoms with Gasteiger partial charge in [0.25, 0.3) is 0 Å². The van der Waals surface area contributed by atoms with E-state index in [-0.39, 0.29) is 5.82 Å². The summed E-state index contributed by atoms with van der Waals surface area (Å²) in [6, 6.07) is 10.9. The lowest BCUT2D eigenvalue weighted by Crippen LogP contribution is -2.01. The molecular weight excluding hydrogens is 267 g/mol. The summed E-state index contributed by atoms with van der Waals surface area (Å²) in [6.07, 6.45) is 6.28. The number of halogens is 1. The molecule has 0 spiro atoms. The van der Waals surface area contributed by atoms with E-state index in [9.17, 15) is 4.39 Å². The minimum Gasteiger partial charge on any atom is -0.381 e. The summed E-state index contributed by atoms with van der Waals surface area (Å²) in [7, 11) is 0. The maximum atomic E-state index is 13.1. The number of nitrogens with one attached hydrogen (secondary N) is 1. The molecule has 0 aliphatic rings. The number of hydrogen-bond acceptors (Lipinski definition) is 4. The van der Waals surface area contributed by atoms with Crippen molar-refractivity contribution in [1.29, 1.82) is 0 Å². The summed E-state index contributed by atoms with van der Waals surface area (Å²) in [4.78, 5) is 12.4. The number of rotatable bonds is 4. The fourth-order valence-corrected chi connectivity index (χ4v) is 1.95. The first-order valence-corrected chi connectivity index (χ1v) is 6.52. The van der Waals surface area contributed by atoms with Crippen LogP contribution >= 0.6 is 0 Å². The first-order chi connectivity index (χ1) is 10.3. The second-order valence-electron chi connectivity index (χ2n) is 4.51. The van der Waals surface area contributed by atoms with Crippen LogP contribution in [-0.4, -0.2) is 15.0 Å². The third kappa shape index (κ3) is 3.39. The zero-order valence-electron chi connectivity index (χ0n) is 11.2. The molecule has 0 bridgehead atoms. The highest BCUT2D eigenvalue weighted by Gasteiger charge is 2.02. The predicted molar refractivity (Wildman–Crippen MR) is 79.0 cm³/mol. The highest BCUT2D eigenvalue weighted by molar-refractivity contribution is 5.60. The quantitative estimate of drug-likeness (QED) is 0.796. The topological polar surface area (TPSA) is 50.7 Å². The number of pyridine rings is 3. The Morgan fingerprint density at radius 2 is 1.86 bits per heavy atom. The Balaban J connectivity index is 1.75. The Bertz CT molecular complexity index is 731. The SMILES string of the molecule is Fc1cncc(CNc2ccnc(-c3ccccn3)c2)c1. The molecule has 0 amide bonds. The summed E-state index contributed by atoms with van der Waals surface area (Å²) in [6.45, 7) is 0.496. The van der Waals surface area contributed by atoms with Gasteiger partial charge >= 0.3 is 0 Å². The predicted octanol–water partition coefficient (Wildman–Crippen LogP) is 3.29. The Morgan fingerprint density at radius 3 is 2.67 bits per heavy atom. The first kappa shape index (κ1) is 13.2. The second kappa shape index (κ2) is 6.09. The van der Waals surface area contributed by atoms with Gasteiger partial charge in [0.2, 0.25) is 0 Å². The van der Waals surface area contributed by atoms with Crippen molar-refractivity contribution in [1.82, 2.24) is 15.0 Å². The van der Waals surface area contributed by atoms with E-state index in [2.05, 4.69) is 20.3 Å². The standard InChI is InChI=1S/C16H13FN4/c17-13-7-12(9-18-11-13)10-21-14-4-6-20-16(8-14)15-3-1-2-5-19-15/h1-9,11H,10H2,(H,20,21). The number of hydrogen-bond donors (Lipinski definition) is 1. The van der Waals surface area contributed by atoms with Gasteiger partial charge in [-0.25, -0.2) is 4.39 Å². The van der Waals surface area contributed by atoms with Gasteiger partial charge < -0.3 is 5.32 Å². The Hall–Kier alpha value is -2.82. The molecule has 3 rings (SSSR count). The van der Waals surface area contributed by atoms with Gasteiger partial charge in [0, 0.05) is 30.8 Å². The van der Waals surface area contributed by atoms with Gasteiger partial charge in [0.15, 0.2) is 0 Å². The fourth-order valence-electron chi connectivity index (χ4n) is 1.95. The van der Waals surface area contributed by atoms with Crippen LogP contribution in [0.2, 0.25) is 0 Å². The van der Waals surface area contributed by atoms with Gasteiger partial charge in [-0.3, -0.25) is 15.0 Å². The van der Waals surface area contributed by atoms with Crippen molar-refractivity contribution in [3.05, 3.63) is 72.6 Å². The lowest BCUT2D eigenvalue weighted by atomic mass is 10.2. The average molecular weight is 280 g/mol. The van der Waals surface area contributed by atoms with Crippen molar-refractivity contribution in [2.24, 2.45) is 0 Å². The van der Waals surface area contributed by atoms with Crippen LogP contribution in [0, 0.1) is 5.82 Å². The normalized spacial score (nSPS) is 10.3. The molecule has 0 aromatic carbocycles. The lowest BCUT2D eigenvalue weighted by molar-refractivity contribution is 0.619. The Labute approximate surface area is 121 Å². The van der Waals surface area contributed by atoms with E-state index in [4.69, 9.17) is 0 Å². The molecule has 0 saturated heterocycles. The largest absolute Gasteiger partial charge is 0.381 e. The molecular formula is C16H13FN4. The maximum Gasteiger partial charge on any atom is 0.141 e. The summed E-state index contributed by atoms with van der Waals surface area (Å²) in [5.41, 5.74) is 3.28. The molecule has 104 valence electrons. The molecule has 4 nitrogen and oxygen atoms in total. The minimum atomic E-state index is -0.335. The second-order valence-corrected chi connectivity index (χ2v) is 4.51. The van der Waals surface area contributed by atoms with E-state index < -0.39 is 0 Å². The van der Waals surface area contributed by atoms with Gasteiger partial charge in [-0.15, -0.1) is 0 Å². The highest BCUT2D eigenvalue weighted by Crippen LogP contribution is 2.18. The van der Waals surface area contributed by atoms with E-state index in [0.29, 0.717) is 6.54 Å². The van der Waals surface area contributed by atoms with Crippen LogP contribution in [0.4, 0.5) is 10.1 Å². The van der Waals surface area contributed by atoms with Crippen LogP contribution in [0.15, 0.2) is 61.2 Å². The van der Waals surface area contributed by atoms with Crippen LogP contribution in [-0.2, 0) is 6.54 Å². The molecule has 3 heterocycles. The summed E-state index contributed by atoms with van der Waals surface area (Å²) < 4.78 is 13.1. The van der Waals surface area contributed by atoms with Gasteiger partial charge in [-0.1, -0.05) is 6.07 Å². The third-order valence-corrected chi connectivity index (χ3v) is 2.95. The number of aromatic nitrogens is 3. The van der Waals surface area contributed by atoms with E-state index >= 15 is 0 Å². The Morgan fingerprint density at radius 1 is 0.952 bits per heavy atom. The van der Waals surface area contributed by atoms with Crippen molar-refractivity contribution < 1.29 is 4.39 Å². The van der Waals surface area contributed by atoms with Gasteiger partial charge in [-0.05, 0) is 35.9 Å². The van der Waals surface area contributed by atoms with Gasteiger partial charge in [0.1, 0.15) is 5.82 Å².